The Hall–Kier alpha value is -1.12. The summed E-state index contributed by atoms with van der Waals surface area (Å²) in [5.74, 6) is 0. The molecule has 12 heavy (non-hydrogen) atoms. The summed E-state index contributed by atoms with van der Waals surface area (Å²) < 4.78 is 22.8. The van der Waals surface area contributed by atoms with Crippen LogP contribution in [0, 0.1) is 0 Å². The largest absolute Gasteiger partial charge is 0.323 e. The summed E-state index contributed by atoms with van der Waals surface area (Å²) in [6, 6.07) is 0. The molecule has 0 fully saturated rings. The van der Waals surface area contributed by atoms with Crippen molar-refractivity contribution in [1.82, 2.24) is 14.7 Å². The first kappa shape index (κ1) is 8.97. The van der Waals surface area contributed by atoms with E-state index in [1.807, 2.05) is 4.72 Å². The maximum absolute atomic E-state index is 10.5. The SMILES string of the molecule is NS(=O)(=O)NCc1c[nH]c(=O)[nH]1. The van der Waals surface area contributed by atoms with Crippen molar-refractivity contribution < 1.29 is 8.42 Å². The molecule has 0 amide bonds. The fourth-order valence-corrected chi connectivity index (χ4v) is 1.00. The number of hydrogen-bond donors (Lipinski definition) is 4. The van der Waals surface area contributed by atoms with E-state index in [2.05, 4.69) is 15.1 Å². The van der Waals surface area contributed by atoms with Crippen LogP contribution in [0.4, 0.5) is 0 Å². The quantitative estimate of drug-likeness (QED) is 0.443. The highest BCUT2D eigenvalue weighted by Gasteiger charge is 2.01. The first-order valence-electron chi connectivity index (χ1n) is 3.01. The first-order valence-corrected chi connectivity index (χ1v) is 4.56. The molecule has 0 aliphatic heterocycles. The van der Waals surface area contributed by atoms with Gasteiger partial charge < -0.3 is 9.97 Å². The van der Waals surface area contributed by atoms with Gasteiger partial charge in [-0.3, -0.25) is 0 Å². The highest BCUT2D eigenvalue weighted by molar-refractivity contribution is 7.87. The molecule has 1 rings (SSSR count). The first-order chi connectivity index (χ1) is 5.47. The number of H-pyrrole nitrogens is 2. The summed E-state index contributed by atoms with van der Waals surface area (Å²) in [5.41, 5.74) is 0.0373. The molecule has 0 aromatic carbocycles. The molecule has 1 heterocycles. The molecule has 0 aliphatic carbocycles. The average molecular weight is 192 g/mol. The molecule has 0 aliphatic rings. The summed E-state index contributed by atoms with van der Waals surface area (Å²) in [7, 11) is -3.70. The third kappa shape index (κ3) is 2.86. The van der Waals surface area contributed by atoms with E-state index in [-0.39, 0.29) is 12.2 Å². The summed E-state index contributed by atoms with van der Waals surface area (Å²) in [4.78, 5) is 15.2. The van der Waals surface area contributed by atoms with Crippen molar-refractivity contribution >= 4 is 10.2 Å². The molecule has 0 unspecified atom stereocenters. The summed E-state index contributed by atoms with van der Waals surface area (Å²) >= 11 is 0. The van der Waals surface area contributed by atoms with Gasteiger partial charge in [-0.2, -0.15) is 13.1 Å². The predicted molar refractivity (Wildman–Crippen MR) is 41.4 cm³/mol. The Bertz CT molecular complexity index is 402. The van der Waals surface area contributed by atoms with Crippen molar-refractivity contribution in [3.8, 4) is 0 Å². The zero-order chi connectivity index (χ0) is 9.19. The molecule has 7 nitrogen and oxygen atoms in total. The average Bonchev–Trinajstić information content (AvgIpc) is 2.30. The van der Waals surface area contributed by atoms with E-state index >= 15 is 0 Å². The molecule has 0 spiro atoms. The lowest BCUT2D eigenvalue weighted by atomic mass is 10.5. The van der Waals surface area contributed by atoms with Gasteiger partial charge in [-0.15, -0.1) is 0 Å². The standard InChI is InChI=1S/C4H8N4O3S/c5-12(10,11)7-2-3-1-6-4(9)8-3/h1,7H,2H2,(H2,5,10,11)(H2,6,8,9). The maximum Gasteiger partial charge on any atom is 0.323 e. The van der Waals surface area contributed by atoms with Crippen LogP contribution in [-0.4, -0.2) is 18.4 Å². The van der Waals surface area contributed by atoms with Gasteiger partial charge in [-0.05, 0) is 0 Å². The normalized spacial score (nSPS) is 11.8. The number of nitrogens with two attached hydrogens (primary N) is 1. The lowest BCUT2D eigenvalue weighted by Crippen LogP contribution is -2.30. The van der Waals surface area contributed by atoms with Crippen LogP contribution in [0.3, 0.4) is 0 Å². The van der Waals surface area contributed by atoms with Crippen LogP contribution in [0.15, 0.2) is 11.0 Å². The van der Waals surface area contributed by atoms with E-state index in [0.29, 0.717) is 5.69 Å². The number of aromatic nitrogens is 2. The lowest BCUT2D eigenvalue weighted by Gasteiger charge is -1.96. The Labute approximate surface area is 68.2 Å². The maximum atomic E-state index is 10.5. The van der Waals surface area contributed by atoms with Gasteiger partial charge >= 0.3 is 5.69 Å². The fraction of sp³-hybridized carbons (Fsp3) is 0.250. The van der Waals surface area contributed by atoms with Crippen molar-refractivity contribution in [1.29, 1.82) is 0 Å². The van der Waals surface area contributed by atoms with Gasteiger partial charge in [0, 0.05) is 6.20 Å². The molecule has 8 heteroatoms. The van der Waals surface area contributed by atoms with Gasteiger partial charge in [0.1, 0.15) is 0 Å². The Kier molecular flexibility index (Phi) is 2.31. The third-order valence-corrected chi connectivity index (χ3v) is 1.66. The Morgan fingerprint density at radius 1 is 1.58 bits per heavy atom. The number of nitrogens with one attached hydrogen (secondary N) is 3. The Balaban J connectivity index is 2.61. The number of aromatic amines is 2. The molecule has 1 aromatic heterocycles. The monoisotopic (exact) mass is 192 g/mol. The topological polar surface area (TPSA) is 121 Å². The number of imidazole rings is 1. The van der Waals surface area contributed by atoms with E-state index in [1.165, 1.54) is 6.20 Å². The molecule has 0 saturated heterocycles. The van der Waals surface area contributed by atoms with Crippen LogP contribution in [0.2, 0.25) is 0 Å². The lowest BCUT2D eigenvalue weighted by molar-refractivity contribution is 0.582. The van der Waals surface area contributed by atoms with Gasteiger partial charge in [-0.1, -0.05) is 0 Å². The van der Waals surface area contributed by atoms with E-state index in [1.54, 1.807) is 0 Å². The molecule has 1 aromatic rings. The second-order valence-electron chi connectivity index (χ2n) is 2.13. The van der Waals surface area contributed by atoms with Gasteiger partial charge in [0.2, 0.25) is 0 Å². The minimum absolute atomic E-state index is 0.0302. The molecule has 0 bridgehead atoms. The number of hydrogen-bond acceptors (Lipinski definition) is 3. The minimum atomic E-state index is -3.70. The van der Waals surface area contributed by atoms with E-state index < -0.39 is 10.2 Å². The van der Waals surface area contributed by atoms with Crippen LogP contribution in [0.25, 0.3) is 0 Å². The molecule has 0 radical (unpaired) electrons. The van der Waals surface area contributed by atoms with Crippen LogP contribution < -0.4 is 15.6 Å². The van der Waals surface area contributed by atoms with Crippen LogP contribution in [0.1, 0.15) is 5.69 Å². The minimum Gasteiger partial charge on any atom is -0.313 e. The smallest absolute Gasteiger partial charge is 0.313 e. The second-order valence-corrected chi connectivity index (χ2v) is 3.51. The van der Waals surface area contributed by atoms with Crippen LogP contribution >= 0.6 is 0 Å². The van der Waals surface area contributed by atoms with E-state index in [0.717, 1.165) is 0 Å². The molecule has 0 saturated carbocycles. The van der Waals surface area contributed by atoms with Crippen molar-refractivity contribution in [2.45, 2.75) is 6.54 Å². The Morgan fingerprint density at radius 2 is 2.25 bits per heavy atom. The zero-order valence-corrected chi connectivity index (χ0v) is 6.81. The van der Waals surface area contributed by atoms with Crippen molar-refractivity contribution in [3.63, 3.8) is 0 Å². The third-order valence-electron chi connectivity index (χ3n) is 1.12. The molecule has 5 N–H and O–H groups in total. The number of rotatable bonds is 3. The predicted octanol–water partition coefficient (Wildman–Crippen LogP) is -2.00. The second kappa shape index (κ2) is 3.09. The summed E-state index contributed by atoms with van der Waals surface area (Å²) in [6.07, 6.45) is 1.36. The van der Waals surface area contributed by atoms with Gasteiger partial charge in [0.05, 0.1) is 12.2 Å². The van der Waals surface area contributed by atoms with Gasteiger partial charge in [0.25, 0.3) is 10.2 Å². The van der Waals surface area contributed by atoms with E-state index in [9.17, 15) is 13.2 Å². The molecular weight excluding hydrogens is 184 g/mol. The van der Waals surface area contributed by atoms with Crippen molar-refractivity contribution in [2.24, 2.45) is 5.14 Å². The van der Waals surface area contributed by atoms with E-state index in [4.69, 9.17) is 0 Å². The zero-order valence-electron chi connectivity index (χ0n) is 5.99. The van der Waals surface area contributed by atoms with Gasteiger partial charge in [-0.25, -0.2) is 9.93 Å². The van der Waals surface area contributed by atoms with Crippen molar-refractivity contribution in [3.05, 3.63) is 22.4 Å². The molecule has 0 atom stereocenters. The molecular formula is C4H8N4O3S. The summed E-state index contributed by atoms with van der Waals surface area (Å²) in [6.45, 7) is -0.0302. The van der Waals surface area contributed by atoms with Crippen LogP contribution in [-0.2, 0) is 16.8 Å². The Morgan fingerprint density at radius 3 is 2.67 bits per heavy atom. The molecule has 68 valence electrons. The van der Waals surface area contributed by atoms with Gasteiger partial charge in [0.15, 0.2) is 0 Å². The highest BCUT2D eigenvalue weighted by atomic mass is 32.2. The van der Waals surface area contributed by atoms with Crippen molar-refractivity contribution in [2.75, 3.05) is 0 Å². The van der Waals surface area contributed by atoms with Crippen LogP contribution in [0.5, 0.6) is 0 Å². The summed E-state index contributed by atoms with van der Waals surface area (Å²) in [5, 5.41) is 4.65. The highest BCUT2D eigenvalue weighted by Crippen LogP contribution is 1.85. The fourth-order valence-electron chi connectivity index (χ4n) is 0.644.